The Morgan fingerprint density at radius 3 is 2.93 bits per heavy atom. The number of nitrogens with zero attached hydrogens (tertiary/aromatic N) is 1. The predicted molar refractivity (Wildman–Crippen MR) is 53.0 cm³/mol. The van der Waals surface area contributed by atoms with E-state index in [4.69, 9.17) is 4.84 Å². The Kier molecular flexibility index (Phi) is 2.35. The van der Waals surface area contributed by atoms with Crippen molar-refractivity contribution in [1.82, 2.24) is 5.06 Å². The second-order valence-electron chi connectivity index (χ2n) is 3.14. The molecule has 1 aliphatic heterocycles. The fourth-order valence-electron chi connectivity index (χ4n) is 1.73. The maximum atomic E-state index is 10.8. The van der Waals surface area contributed by atoms with E-state index in [9.17, 15) is 4.79 Å². The molecule has 3 nitrogen and oxygen atoms in total. The summed E-state index contributed by atoms with van der Waals surface area (Å²) in [6.45, 7) is 0.706. The molecule has 0 bridgehead atoms. The van der Waals surface area contributed by atoms with Crippen LogP contribution in [0.1, 0.15) is 11.1 Å². The van der Waals surface area contributed by atoms with Crippen molar-refractivity contribution >= 4 is 11.6 Å². The van der Waals surface area contributed by atoms with Gasteiger partial charge in [0.05, 0.1) is 13.7 Å². The number of benzene rings is 1. The van der Waals surface area contributed by atoms with Crippen LogP contribution in [0.4, 0.5) is 0 Å². The van der Waals surface area contributed by atoms with Crippen LogP contribution in [0.3, 0.4) is 0 Å². The molecule has 2 rings (SSSR count). The van der Waals surface area contributed by atoms with Gasteiger partial charge in [0.2, 0.25) is 0 Å². The van der Waals surface area contributed by atoms with Gasteiger partial charge in [-0.2, -0.15) is 0 Å². The molecule has 14 heavy (non-hydrogen) atoms. The lowest BCUT2D eigenvalue weighted by atomic mass is 9.99. The molecule has 0 atom stereocenters. The number of hydrogen-bond acceptors (Lipinski definition) is 3. The van der Waals surface area contributed by atoms with Crippen LogP contribution in [0.15, 0.2) is 24.3 Å². The Labute approximate surface area is 82.5 Å². The second kappa shape index (κ2) is 3.66. The van der Waals surface area contributed by atoms with Crippen LogP contribution in [0, 0.1) is 0 Å². The monoisotopic (exact) mass is 189 g/mol. The summed E-state index contributed by atoms with van der Waals surface area (Å²) in [7, 11) is 1.56. The molecule has 0 aromatic heterocycles. The summed E-state index contributed by atoms with van der Waals surface area (Å²) in [5, 5.41) is 1.58. The van der Waals surface area contributed by atoms with E-state index in [0.717, 1.165) is 12.0 Å². The fourth-order valence-corrected chi connectivity index (χ4v) is 1.73. The number of hydrogen-bond donors (Lipinski definition) is 0. The van der Waals surface area contributed by atoms with Crippen molar-refractivity contribution in [3.05, 3.63) is 35.4 Å². The van der Waals surface area contributed by atoms with E-state index in [2.05, 4.69) is 0 Å². The van der Waals surface area contributed by atoms with Crippen molar-refractivity contribution in [2.24, 2.45) is 0 Å². The van der Waals surface area contributed by atoms with Gasteiger partial charge >= 0.3 is 0 Å². The average Bonchev–Trinajstić information content (AvgIpc) is 2.27. The van der Waals surface area contributed by atoms with Crippen LogP contribution in [0.5, 0.6) is 0 Å². The normalized spacial score (nSPS) is 14.9. The third-order valence-electron chi connectivity index (χ3n) is 2.42. The molecule has 1 aliphatic rings. The zero-order valence-corrected chi connectivity index (χ0v) is 7.99. The molecule has 0 saturated carbocycles. The van der Waals surface area contributed by atoms with Crippen LogP contribution in [-0.4, -0.2) is 24.7 Å². The lowest BCUT2D eigenvalue weighted by molar-refractivity contribution is -0.0763. The molecule has 0 N–H and O–H groups in total. The fraction of sp³-hybridized carbons (Fsp3) is 0.273. The summed E-state index contributed by atoms with van der Waals surface area (Å²) < 4.78 is 0. The molecule has 0 radical (unpaired) electrons. The van der Waals surface area contributed by atoms with E-state index in [1.165, 1.54) is 5.56 Å². The van der Waals surface area contributed by atoms with Gasteiger partial charge in [-0.15, -0.1) is 0 Å². The molecule has 0 unspecified atom stereocenters. The lowest BCUT2D eigenvalue weighted by Crippen LogP contribution is -2.28. The Morgan fingerprint density at radius 2 is 2.21 bits per heavy atom. The van der Waals surface area contributed by atoms with Gasteiger partial charge in [-0.05, 0) is 12.0 Å². The molecule has 0 amide bonds. The number of rotatable bonds is 1. The van der Waals surface area contributed by atoms with E-state index in [0.29, 0.717) is 12.2 Å². The third kappa shape index (κ3) is 1.33. The first-order valence-corrected chi connectivity index (χ1v) is 4.52. The molecular formula is C11H11NO2. The maximum Gasteiger partial charge on any atom is 0.155 e. The van der Waals surface area contributed by atoms with Gasteiger partial charge in [0.1, 0.15) is 0 Å². The molecule has 72 valence electrons. The van der Waals surface area contributed by atoms with Gasteiger partial charge in [-0.1, -0.05) is 24.3 Å². The zero-order valence-electron chi connectivity index (χ0n) is 7.99. The minimum absolute atomic E-state index is 0.495. The first kappa shape index (κ1) is 9.00. The number of fused-ring (bicyclic) bond motifs is 1. The summed E-state index contributed by atoms with van der Waals surface area (Å²) in [5.74, 6) is 1.93. The van der Waals surface area contributed by atoms with Crippen LogP contribution in [0.2, 0.25) is 0 Å². The highest BCUT2D eigenvalue weighted by molar-refractivity contribution is 5.87. The van der Waals surface area contributed by atoms with Crippen molar-refractivity contribution in [3.63, 3.8) is 0 Å². The molecule has 1 heterocycles. The van der Waals surface area contributed by atoms with Gasteiger partial charge in [0, 0.05) is 5.56 Å². The Morgan fingerprint density at radius 1 is 1.43 bits per heavy atom. The van der Waals surface area contributed by atoms with Crippen LogP contribution >= 0.6 is 0 Å². The van der Waals surface area contributed by atoms with E-state index in [1.54, 1.807) is 12.2 Å². The first-order chi connectivity index (χ1) is 6.86. The van der Waals surface area contributed by atoms with Gasteiger partial charge in [-0.25, -0.2) is 9.86 Å². The zero-order chi connectivity index (χ0) is 9.97. The summed E-state index contributed by atoms with van der Waals surface area (Å²) in [4.78, 5) is 15.9. The third-order valence-corrected chi connectivity index (χ3v) is 2.42. The summed E-state index contributed by atoms with van der Waals surface area (Å²) in [6.07, 6.45) is 0.898. The standard InChI is InChI=1S/C11H11NO2/c1-14-12-7-6-9-4-2-3-5-10(9)11(12)8-13/h2-5H,6-7H2,1H3. The minimum atomic E-state index is 0.495. The molecule has 0 aliphatic carbocycles. The van der Waals surface area contributed by atoms with Crippen LogP contribution in [0.25, 0.3) is 5.70 Å². The van der Waals surface area contributed by atoms with Crippen LogP contribution in [-0.2, 0) is 16.1 Å². The highest BCUT2D eigenvalue weighted by atomic mass is 16.7. The van der Waals surface area contributed by atoms with Crippen molar-refractivity contribution in [3.8, 4) is 0 Å². The van der Waals surface area contributed by atoms with Crippen molar-refractivity contribution in [2.75, 3.05) is 13.7 Å². The molecule has 1 aromatic rings. The quantitative estimate of drug-likeness (QED) is 0.623. The number of hydroxylamine groups is 2. The van der Waals surface area contributed by atoms with Gasteiger partial charge in [0.15, 0.2) is 11.6 Å². The van der Waals surface area contributed by atoms with Gasteiger partial charge in [0.25, 0.3) is 0 Å². The SMILES string of the molecule is CON1CCc2ccccc2C1=C=O. The Balaban J connectivity index is 2.50. The van der Waals surface area contributed by atoms with E-state index in [-0.39, 0.29) is 0 Å². The smallest absolute Gasteiger partial charge is 0.155 e. The molecule has 3 heteroatoms. The van der Waals surface area contributed by atoms with E-state index >= 15 is 0 Å². The summed E-state index contributed by atoms with van der Waals surface area (Å²) >= 11 is 0. The second-order valence-corrected chi connectivity index (χ2v) is 3.14. The maximum absolute atomic E-state index is 10.8. The van der Waals surface area contributed by atoms with Gasteiger partial charge < -0.3 is 0 Å². The largest absolute Gasteiger partial charge is 0.276 e. The van der Waals surface area contributed by atoms with Crippen molar-refractivity contribution in [1.29, 1.82) is 0 Å². The molecule has 0 spiro atoms. The molecule has 0 saturated heterocycles. The van der Waals surface area contributed by atoms with E-state index < -0.39 is 0 Å². The van der Waals surface area contributed by atoms with Crippen LogP contribution < -0.4 is 0 Å². The highest BCUT2D eigenvalue weighted by Gasteiger charge is 2.21. The minimum Gasteiger partial charge on any atom is -0.276 e. The highest BCUT2D eigenvalue weighted by Crippen LogP contribution is 2.26. The Bertz CT molecular complexity index is 394. The van der Waals surface area contributed by atoms with Gasteiger partial charge in [-0.3, -0.25) is 4.84 Å². The average molecular weight is 189 g/mol. The lowest BCUT2D eigenvalue weighted by Gasteiger charge is -2.28. The molecular weight excluding hydrogens is 178 g/mol. The molecule has 0 fully saturated rings. The molecule has 1 aromatic carbocycles. The first-order valence-electron chi connectivity index (χ1n) is 4.52. The number of carbonyl (C=O) groups excluding carboxylic acids is 1. The summed E-state index contributed by atoms with van der Waals surface area (Å²) in [5.41, 5.74) is 2.60. The topological polar surface area (TPSA) is 29.5 Å². The summed E-state index contributed by atoms with van der Waals surface area (Å²) in [6, 6.07) is 7.83. The van der Waals surface area contributed by atoms with Crippen molar-refractivity contribution in [2.45, 2.75) is 6.42 Å². The van der Waals surface area contributed by atoms with E-state index in [1.807, 2.05) is 30.2 Å². The van der Waals surface area contributed by atoms with Crippen molar-refractivity contribution < 1.29 is 9.63 Å². The predicted octanol–water partition coefficient (Wildman–Crippen LogP) is 1.28. The Hall–Kier alpha value is -1.57.